The molecule has 1 saturated heterocycles. The van der Waals surface area contributed by atoms with Crippen molar-refractivity contribution in [2.45, 2.75) is 36.6 Å². The zero-order valence-electron chi connectivity index (χ0n) is 16.7. The van der Waals surface area contributed by atoms with Gasteiger partial charge in [0.15, 0.2) is 5.60 Å². The number of halogens is 5. The van der Waals surface area contributed by atoms with Crippen LogP contribution in [0.15, 0.2) is 47.4 Å². The highest BCUT2D eigenvalue weighted by atomic mass is 35.5. The van der Waals surface area contributed by atoms with Gasteiger partial charge in [0.05, 0.1) is 15.6 Å². The fraction of sp³-hybridized carbons (Fsp3) is 0.400. The largest absolute Gasteiger partial charge is 0.421 e. The minimum Gasteiger partial charge on any atom is -0.376 e. The maximum absolute atomic E-state index is 13.3. The van der Waals surface area contributed by atoms with E-state index in [1.54, 1.807) is 6.92 Å². The molecule has 11 heteroatoms. The number of aliphatic hydroxyl groups is 1. The molecule has 0 spiro atoms. The molecule has 1 N–H and O–H groups in total. The van der Waals surface area contributed by atoms with E-state index in [0.29, 0.717) is 25.7 Å². The first-order valence-corrected chi connectivity index (χ1v) is 11.2. The summed E-state index contributed by atoms with van der Waals surface area (Å²) in [4.78, 5) is 1.68. The lowest BCUT2D eigenvalue weighted by atomic mass is 9.96. The molecule has 0 bridgehead atoms. The Morgan fingerprint density at radius 3 is 2.23 bits per heavy atom. The van der Waals surface area contributed by atoms with Crippen molar-refractivity contribution in [1.82, 2.24) is 4.31 Å². The van der Waals surface area contributed by atoms with Crippen LogP contribution in [0.25, 0.3) is 0 Å². The molecule has 2 aromatic carbocycles. The molecule has 31 heavy (non-hydrogen) atoms. The molecule has 0 radical (unpaired) electrons. The van der Waals surface area contributed by atoms with Crippen molar-refractivity contribution in [2.75, 3.05) is 24.5 Å². The second-order valence-corrected chi connectivity index (χ2v) is 9.90. The number of hydrogen-bond acceptors (Lipinski definition) is 4. The molecule has 0 amide bonds. The van der Waals surface area contributed by atoms with Gasteiger partial charge in [-0.25, -0.2) is 12.8 Å². The zero-order chi connectivity index (χ0) is 23.2. The van der Waals surface area contributed by atoms with E-state index in [4.69, 9.17) is 11.6 Å². The van der Waals surface area contributed by atoms with Crippen molar-refractivity contribution in [2.24, 2.45) is 0 Å². The Morgan fingerprint density at radius 1 is 1.10 bits per heavy atom. The van der Waals surface area contributed by atoms with Gasteiger partial charge in [0, 0.05) is 25.7 Å². The van der Waals surface area contributed by atoms with Crippen molar-refractivity contribution in [1.29, 1.82) is 0 Å². The van der Waals surface area contributed by atoms with Crippen LogP contribution in [0.5, 0.6) is 0 Å². The molecular weight excluding hydrogens is 460 g/mol. The van der Waals surface area contributed by atoms with Crippen molar-refractivity contribution >= 4 is 27.3 Å². The second kappa shape index (κ2) is 8.23. The number of sulfonamides is 1. The average Bonchev–Trinajstić information content (AvgIpc) is 2.67. The van der Waals surface area contributed by atoms with Gasteiger partial charge in [-0.05, 0) is 49.7 Å². The Labute approximate surface area is 182 Å². The van der Waals surface area contributed by atoms with Gasteiger partial charge >= 0.3 is 6.18 Å². The van der Waals surface area contributed by atoms with Crippen LogP contribution in [0.1, 0.15) is 19.4 Å². The summed E-state index contributed by atoms with van der Waals surface area (Å²) in [6.07, 6.45) is -4.90. The van der Waals surface area contributed by atoms with E-state index in [-0.39, 0.29) is 16.5 Å². The number of rotatable bonds is 4. The van der Waals surface area contributed by atoms with Crippen LogP contribution in [0, 0.1) is 5.82 Å². The molecule has 1 aliphatic heterocycles. The van der Waals surface area contributed by atoms with Gasteiger partial charge in [0.1, 0.15) is 5.82 Å². The van der Waals surface area contributed by atoms with Crippen LogP contribution in [-0.2, 0) is 15.6 Å². The molecule has 1 fully saturated rings. The Hall–Kier alpha value is -1.88. The maximum atomic E-state index is 13.3. The Balaban J connectivity index is 1.80. The lowest BCUT2D eigenvalue weighted by Crippen LogP contribution is -2.54. The SMILES string of the molecule is C[C@@H]1CN(c2ccc(F)cc2Cl)CCN1S(=O)(=O)c1ccc(C(C)(O)C(F)(F)F)cc1. The molecule has 0 aliphatic carbocycles. The number of alkyl halides is 3. The third-order valence-corrected chi connectivity index (χ3v) is 7.72. The second-order valence-electron chi connectivity index (χ2n) is 7.60. The quantitative estimate of drug-likeness (QED) is 0.668. The maximum Gasteiger partial charge on any atom is 0.421 e. The molecule has 2 atom stereocenters. The van der Waals surface area contributed by atoms with E-state index in [0.717, 1.165) is 24.3 Å². The Kier molecular flexibility index (Phi) is 6.31. The Morgan fingerprint density at radius 2 is 1.71 bits per heavy atom. The van der Waals surface area contributed by atoms with E-state index in [1.165, 1.54) is 22.5 Å². The van der Waals surface area contributed by atoms with Crippen molar-refractivity contribution in [3.63, 3.8) is 0 Å². The standard InChI is InChI=1S/C20H21ClF4N2O3S/c1-13-12-26(18-8-5-15(22)11-17(18)21)9-10-27(13)31(29,30)16-6-3-14(4-7-16)19(2,28)20(23,24)25/h3-8,11,13,28H,9-10,12H2,1-2H3/t13-,19?/m1/s1. The van der Waals surface area contributed by atoms with E-state index in [9.17, 15) is 31.1 Å². The van der Waals surface area contributed by atoms with Crippen molar-refractivity contribution < 1.29 is 31.1 Å². The first kappa shape index (κ1) is 23.8. The van der Waals surface area contributed by atoms with Crippen molar-refractivity contribution in [3.8, 4) is 0 Å². The molecule has 5 nitrogen and oxygen atoms in total. The summed E-state index contributed by atoms with van der Waals surface area (Å²) >= 11 is 6.10. The topological polar surface area (TPSA) is 60.9 Å². The smallest absolute Gasteiger partial charge is 0.376 e. The number of nitrogens with zero attached hydrogens (tertiary/aromatic N) is 2. The van der Waals surface area contributed by atoms with Crippen LogP contribution in [0.3, 0.4) is 0 Å². The van der Waals surface area contributed by atoms with Gasteiger partial charge in [0.25, 0.3) is 0 Å². The molecule has 1 aliphatic rings. The molecule has 2 aromatic rings. The van der Waals surface area contributed by atoms with Crippen LogP contribution in [0.2, 0.25) is 5.02 Å². The molecule has 0 aromatic heterocycles. The molecule has 1 unspecified atom stereocenters. The number of hydrogen-bond donors (Lipinski definition) is 1. The first-order valence-electron chi connectivity index (χ1n) is 9.36. The summed E-state index contributed by atoms with van der Waals surface area (Å²) in [7, 11) is -3.98. The molecular formula is C20H21ClF4N2O3S. The predicted octanol–water partition coefficient (Wildman–Crippen LogP) is 4.15. The summed E-state index contributed by atoms with van der Waals surface area (Å²) in [6, 6.07) is 7.53. The highest BCUT2D eigenvalue weighted by Gasteiger charge is 2.51. The number of benzene rings is 2. The van der Waals surface area contributed by atoms with Gasteiger partial charge < -0.3 is 10.0 Å². The summed E-state index contributed by atoms with van der Waals surface area (Å²) < 4.78 is 79.7. The highest BCUT2D eigenvalue weighted by Crippen LogP contribution is 2.39. The fourth-order valence-electron chi connectivity index (χ4n) is 3.51. The minimum absolute atomic E-state index is 0.110. The summed E-state index contributed by atoms with van der Waals surface area (Å²) in [6.45, 7) is 3.02. The fourth-order valence-corrected chi connectivity index (χ4v) is 5.41. The molecule has 3 rings (SSSR count). The van der Waals surface area contributed by atoms with E-state index in [2.05, 4.69) is 0 Å². The summed E-state index contributed by atoms with van der Waals surface area (Å²) in [5, 5.41) is 9.98. The Bertz CT molecular complexity index is 1060. The van der Waals surface area contributed by atoms with Crippen LogP contribution in [0.4, 0.5) is 23.2 Å². The van der Waals surface area contributed by atoms with E-state index >= 15 is 0 Å². The highest BCUT2D eigenvalue weighted by molar-refractivity contribution is 7.89. The monoisotopic (exact) mass is 480 g/mol. The molecule has 0 saturated carbocycles. The van der Waals surface area contributed by atoms with Crippen LogP contribution >= 0.6 is 11.6 Å². The van der Waals surface area contributed by atoms with Gasteiger partial charge in [-0.2, -0.15) is 17.5 Å². The lowest BCUT2D eigenvalue weighted by molar-refractivity contribution is -0.258. The normalized spacial score (nSPS) is 20.5. The third-order valence-electron chi connectivity index (χ3n) is 5.39. The van der Waals surface area contributed by atoms with Gasteiger partial charge in [0.2, 0.25) is 10.0 Å². The van der Waals surface area contributed by atoms with Gasteiger partial charge in [-0.3, -0.25) is 0 Å². The van der Waals surface area contributed by atoms with Crippen molar-refractivity contribution in [3.05, 3.63) is 58.9 Å². The zero-order valence-corrected chi connectivity index (χ0v) is 18.3. The minimum atomic E-state index is -4.90. The molecule has 170 valence electrons. The average molecular weight is 481 g/mol. The van der Waals surface area contributed by atoms with Crippen LogP contribution < -0.4 is 4.90 Å². The lowest BCUT2D eigenvalue weighted by Gasteiger charge is -2.40. The number of piperazine rings is 1. The van der Waals surface area contributed by atoms with E-state index < -0.39 is 39.2 Å². The first-order chi connectivity index (χ1) is 14.2. The van der Waals surface area contributed by atoms with Crippen LogP contribution in [-0.4, -0.2) is 49.7 Å². The number of anilines is 1. The van der Waals surface area contributed by atoms with Gasteiger partial charge in [-0.1, -0.05) is 23.7 Å². The van der Waals surface area contributed by atoms with E-state index in [1.807, 2.05) is 4.90 Å². The third kappa shape index (κ3) is 4.52. The summed E-state index contributed by atoms with van der Waals surface area (Å²) in [5.41, 5.74) is -2.96. The molecule has 1 heterocycles. The summed E-state index contributed by atoms with van der Waals surface area (Å²) in [5.74, 6) is -0.476. The predicted molar refractivity (Wildman–Crippen MR) is 109 cm³/mol. The van der Waals surface area contributed by atoms with Gasteiger partial charge in [-0.15, -0.1) is 0 Å².